The van der Waals surface area contributed by atoms with Crippen molar-refractivity contribution < 1.29 is 4.79 Å². The van der Waals surface area contributed by atoms with E-state index in [2.05, 4.69) is 20.4 Å². The van der Waals surface area contributed by atoms with Crippen LogP contribution in [0.1, 0.15) is 42.2 Å². The molecule has 5 rings (SSSR count). The molecule has 32 heavy (non-hydrogen) atoms. The summed E-state index contributed by atoms with van der Waals surface area (Å²) in [6.07, 6.45) is 8.24. The van der Waals surface area contributed by atoms with Crippen molar-refractivity contribution in [2.24, 2.45) is 0 Å². The fraction of sp³-hybridized carbons (Fsp3) is 0.240. The summed E-state index contributed by atoms with van der Waals surface area (Å²) in [6, 6.07) is 16.8. The normalized spacial score (nSPS) is 18.4. The molecule has 1 aromatic carbocycles. The molecule has 1 N–H and O–H groups in total. The van der Waals surface area contributed by atoms with Gasteiger partial charge in [-0.2, -0.15) is 5.10 Å². The molecule has 3 heterocycles. The summed E-state index contributed by atoms with van der Waals surface area (Å²) in [4.78, 5) is 33.8. The highest BCUT2D eigenvalue weighted by Gasteiger charge is 2.26. The van der Waals surface area contributed by atoms with E-state index < -0.39 is 0 Å². The van der Waals surface area contributed by atoms with Gasteiger partial charge in [0.15, 0.2) is 0 Å². The van der Waals surface area contributed by atoms with Crippen LogP contribution in [0.5, 0.6) is 0 Å². The molecule has 1 fully saturated rings. The molecule has 0 bridgehead atoms. The first-order valence-electron chi connectivity index (χ1n) is 10.8. The monoisotopic (exact) mass is 425 g/mol. The van der Waals surface area contributed by atoms with Crippen LogP contribution in [0, 0.1) is 0 Å². The first kappa shape index (κ1) is 20.1. The van der Waals surface area contributed by atoms with Crippen molar-refractivity contribution in [3.05, 3.63) is 89.2 Å². The molecule has 3 aromatic heterocycles. The topological polar surface area (TPSA) is 89.8 Å². The van der Waals surface area contributed by atoms with Gasteiger partial charge in [0.2, 0.25) is 0 Å². The van der Waals surface area contributed by atoms with Crippen molar-refractivity contribution in [1.82, 2.24) is 25.1 Å². The zero-order chi connectivity index (χ0) is 21.9. The Bertz CT molecular complexity index is 1310. The van der Waals surface area contributed by atoms with Gasteiger partial charge < -0.3 is 5.32 Å². The van der Waals surface area contributed by atoms with Crippen LogP contribution in [0.15, 0.2) is 78.0 Å². The number of carbonyl (C=O) groups excluding carboxylic acids is 1. The lowest BCUT2D eigenvalue weighted by Crippen LogP contribution is -2.40. The number of nitrogens with zero attached hydrogens (tertiary/aromatic N) is 4. The molecule has 7 heteroatoms. The van der Waals surface area contributed by atoms with E-state index in [4.69, 9.17) is 0 Å². The van der Waals surface area contributed by atoms with Gasteiger partial charge in [-0.1, -0.05) is 24.3 Å². The maximum Gasteiger partial charge on any atom is 0.270 e. The molecule has 1 amide bonds. The van der Waals surface area contributed by atoms with Crippen molar-refractivity contribution >= 4 is 16.7 Å². The second-order valence-electron chi connectivity index (χ2n) is 8.10. The molecular formula is C25H23N5O2. The highest BCUT2D eigenvalue weighted by Crippen LogP contribution is 2.28. The van der Waals surface area contributed by atoms with Crippen molar-refractivity contribution in [3.63, 3.8) is 0 Å². The summed E-state index contributed by atoms with van der Waals surface area (Å²) in [5.41, 5.74) is 1.96. The molecule has 4 aromatic rings. The van der Waals surface area contributed by atoms with Gasteiger partial charge >= 0.3 is 0 Å². The molecule has 0 unspecified atom stereocenters. The summed E-state index contributed by atoms with van der Waals surface area (Å²) in [5.74, 6) is -0.154. The molecular weight excluding hydrogens is 402 g/mol. The summed E-state index contributed by atoms with van der Waals surface area (Å²) < 4.78 is 1.59. The molecule has 7 nitrogen and oxygen atoms in total. The van der Waals surface area contributed by atoms with Crippen LogP contribution >= 0.6 is 0 Å². The number of nitrogens with one attached hydrogen (secondary N) is 1. The predicted molar refractivity (Wildman–Crippen MR) is 122 cm³/mol. The number of fused-ring (bicyclic) bond motifs is 1. The van der Waals surface area contributed by atoms with Gasteiger partial charge in [-0.3, -0.25) is 19.6 Å². The van der Waals surface area contributed by atoms with Gasteiger partial charge in [-0.05, 0) is 55.3 Å². The Kier molecular flexibility index (Phi) is 5.46. The van der Waals surface area contributed by atoms with Crippen LogP contribution < -0.4 is 10.9 Å². The summed E-state index contributed by atoms with van der Waals surface area (Å²) in [6.45, 7) is 0. The second-order valence-corrected chi connectivity index (χ2v) is 8.10. The van der Waals surface area contributed by atoms with Gasteiger partial charge in [0.05, 0.1) is 11.7 Å². The van der Waals surface area contributed by atoms with Crippen molar-refractivity contribution in [2.75, 3.05) is 0 Å². The van der Waals surface area contributed by atoms with Crippen LogP contribution in [-0.4, -0.2) is 31.7 Å². The van der Waals surface area contributed by atoms with E-state index in [0.717, 1.165) is 47.7 Å². The minimum absolute atomic E-state index is 0.0166. The maximum atomic E-state index is 12.9. The standard InChI is InChI=1S/C25H23N5O2/c31-23-12-11-22(18-5-3-14-26-16-18)29-30(23)20-9-7-19(8-10-20)28-25(32)24-21-6-2-1-4-17(21)13-15-27-24/h1-6,11-16,19-20H,7-10H2,(H,28,32). The molecule has 0 atom stereocenters. The lowest BCUT2D eigenvalue weighted by Gasteiger charge is -2.29. The van der Waals surface area contributed by atoms with E-state index in [1.807, 2.05) is 42.5 Å². The van der Waals surface area contributed by atoms with Crippen LogP contribution in [0.4, 0.5) is 0 Å². The molecule has 1 aliphatic carbocycles. The third kappa shape index (κ3) is 4.01. The summed E-state index contributed by atoms with van der Waals surface area (Å²) in [5, 5.41) is 9.58. The number of hydrogen-bond acceptors (Lipinski definition) is 5. The zero-order valence-electron chi connectivity index (χ0n) is 17.5. The third-order valence-corrected chi connectivity index (χ3v) is 6.05. The van der Waals surface area contributed by atoms with Gasteiger partial charge in [0.25, 0.3) is 11.5 Å². The fourth-order valence-corrected chi connectivity index (χ4v) is 4.37. The van der Waals surface area contributed by atoms with Crippen LogP contribution in [0.2, 0.25) is 0 Å². The van der Waals surface area contributed by atoms with Crippen LogP contribution in [0.25, 0.3) is 22.0 Å². The fourth-order valence-electron chi connectivity index (χ4n) is 4.37. The summed E-state index contributed by atoms with van der Waals surface area (Å²) in [7, 11) is 0. The number of pyridine rings is 2. The SMILES string of the molecule is O=C(NC1CCC(n2nc(-c3cccnc3)ccc2=O)CC1)c1nccc2ccccc12. The zero-order valence-corrected chi connectivity index (χ0v) is 17.5. The van der Waals surface area contributed by atoms with Gasteiger partial charge in [-0.25, -0.2) is 4.68 Å². The molecule has 160 valence electrons. The minimum Gasteiger partial charge on any atom is -0.348 e. The Balaban J connectivity index is 1.28. The first-order chi connectivity index (χ1) is 15.7. The Morgan fingerprint density at radius 1 is 0.938 bits per heavy atom. The summed E-state index contributed by atoms with van der Waals surface area (Å²) >= 11 is 0. The highest BCUT2D eigenvalue weighted by atomic mass is 16.2. The van der Waals surface area contributed by atoms with Gasteiger partial charge in [0.1, 0.15) is 5.69 Å². The van der Waals surface area contributed by atoms with Crippen molar-refractivity contribution in [1.29, 1.82) is 0 Å². The smallest absolute Gasteiger partial charge is 0.270 e. The van der Waals surface area contributed by atoms with E-state index in [0.29, 0.717) is 5.69 Å². The average molecular weight is 425 g/mol. The molecule has 1 aliphatic rings. The number of benzene rings is 1. The minimum atomic E-state index is -0.154. The predicted octanol–water partition coefficient (Wildman–Crippen LogP) is 3.77. The first-order valence-corrected chi connectivity index (χ1v) is 10.8. The van der Waals surface area contributed by atoms with Gasteiger partial charge in [-0.15, -0.1) is 0 Å². The molecule has 0 spiro atoms. The lowest BCUT2D eigenvalue weighted by atomic mass is 9.91. The molecule has 0 radical (unpaired) electrons. The Morgan fingerprint density at radius 2 is 1.78 bits per heavy atom. The quantitative estimate of drug-likeness (QED) is 0.538. The Labute approximate surface area is 185 Å². The van der Waals surface area contributed by atoms with E-state index in [9.17, 15) is 9.59 Å². The van der Waals surface area contributed by atoms with E-state index >= 15 is 0 Å². The number of carbonyl (C=O) groups is 1. The molecule has 1 saturated carbocycles. The van der Waals surface area contributed by atoms with Gasteiger partial charge in [0, 0.05) is 41.6 Å². The number of hydrogen-bond donors (Lipinski definition) is 1. The second kappa shape index (κ2) is 8.70. The van der Waals surface area contributed by atoms with Crippen molar-refractivity contribution in [3.8, 4) is 11.3 Å². The highest BCUT2D eigenvalue weighted by molar-refractivity contribution is 6.05. The Morgan fingerprint density at radius 3 is 2.59 bits per heavy atom. The van der Waals surface area contributed by atoms with E-state index in [1.54, 1.807) is 35.4 Å². The van der Waals surface area contributed by atoms with Crippen molar-refractivity contribution in [2.45, 2.75) is 37.8 Å². The molecule has 0 aliphatic heterocycles. The average Bonchev–Trinajstić information content (AvgIpc) is 2.85. The third-order valence-electron chi connectivity index (χ3n) is 6.05. The van der Waals surface area contributed by atoms with Crippen LogP contribution in [0.3, 0.4) is 0 Å². The van der Waals surface area contributed by atoms with E-state index in [1.165, 1.54) is 0 Å². The maximum absolute atomic E-state index is 12.9. The number of rotatable bonds is 4. The molecule has 0 saturated heterocycles. The van der Waals surface area contributed by atoms with Crippen LogP contribution in [-0.2, 0) is 0 Å². The number of amides is 1. The largest absolute Gasteiger partial charge is 0.348 e. The lowest BCUT2D eigenvalue weighted by molar-refractivity contribution is 0.0918. The number of aromatic nitrogens is 4. The Hall–Kier alpha value is -3.87. The van der Waals surface area contributed by atoms with E-state index in [-0.39, 0.29) is 23.6 Å².